The SMILES string of the molecule is CCOC(=O)C(CC)N(C)Cc1ccsc1. The zero-order valence-electron chi connectivity index (χ0n) is 10.1. The van der Waals surface area contributed by atoms with Gasteiger partial charge < -0.3 is 4.74 Å². The maximum atomic E-state index is 11.7. The van der Waals surface area contributed by atoms with Crippen LogP contribution < -0.4 is 0 Å². The Kier molecular flexibility index (Phi) is 5.49. The quantitative estimate of drug-likeness (QED) is 0.717. The van der Waals surface area contributed by atoms with E-state index in [2.05, 4.69) is 16.8 Å². The van der Waals surface area contributed by atoms with Gasteiger partial charge in [0.1, 0.15) is 6.04 Å². The second-order valence-corrected chi connectivity index (χ2v) is 4.50. The van der Waals surface area contributed by atoms with Gasteiger partial charge in [-0.2, -0.15) is 11.3 Å². The van der Waals surface area contributed by atoms with Gasteiger partial charge in [-0.15, -0.1) is 0 Å². The number of carbonyl (C=O) groups is 1. The molecule has 0 fully saturated rings. The van der Waals surface area contributed by atoms with Gasteiger partial charge in [0.25, 0.3) is 0 Å². The highest BCUT2D eigenvalue weighted by Crippen LogP contribution is 2.12. The van der Waals surface area contributed by atoms with Gasteiger partial charge in [0.05, 0.1) is 6.61 Å². The van der Waals surface area contributed by atoms with E-state index in [0.717, 1.165) is 13.0 Å². The lowest BCUT2D eigenvalue weighted by atomic mass is 10.2. The summed E-state index contributed by atoms with van der Waals surface area (Å²) in [6.07, 6.45) is 0.777. The molecule has 1 aromatic heterocycles. The van der Waals surface area contributed by atoms with Crippen molar-refractivity contribution in [3.63, 3.8) is 0 Å². The van der Waals surface area contributed by atoms with Crippen LogP contribution in [0, 0.1) is 0 Å². The van der Waals surface area contributed by atoms with Gasteiger partial charge in [-0.25, -0.2) is 0 Å². The third-order valence-corrected chi connectivity index (χ3v) is 3.22. The minimum Gasteiger partial charge on any atom is -0.465 e. The van der Waals surface area contributed by atoms with Gasteiger partial charge in [0, 0.05) is 6.54 Å². The van der Waals surface area contributed by atoms with Gasteiger partial charge in [-0.05, 0) is 42.8 Å². The summed E-state index contributed by atoms with van der Waals surface area (Å²) in [5.74, 6) is -0.122. The first-order valence-electron chi connectivity index (χ1n) is 5.57. The Labute approximate surface area is 101 Å². The first kappa shape index (κ1) is 13.2. The van der Waals surface area contributed by atoms with E-state index in [-0.39, 0.29) is 12.0 Å². The second-order valence-electron chi connectivity index (χ2n) is 3.72. The van der Waals surface area contributed by atoms with Crippen LogP contribution >= 0.6 is 11.3 Å². The van der Waals surface area contributed by atoms with Crippen LogP contribution in [0.15, 0.2) is 16.8 Å². The van der Waals surface area contributed by atoms with Crippen LogP contribution in [0.2, 0.25) is 0 Å². The number of rotatable bonds is 6. The Balaban J connectivity index is 2.55. The summed E-state index contributed by atoms with van der Waals surface area (Å²) in [6.45, 7) is 5.08. The second kappa shape index (κ2) is 6.66. The smallest absolute Gasteiger partial charge is 0.323 e. The van der Waals surface area contributed by atoms with Gasteiger partial charge in [0.2, 0.25) is 0 Å². The fourth-order valence-corrected chi connectivity index (χ4v) is 2.34. The summed E-state index contributed by atoms with van der Waals surface area (Å²) in [7, 11) is 1.96. The third kappa shape index (κ3) is 3.61. The molecule has 0 saturated carbocycles. The van der Waals surface area contributed by atoms with Gasteiger partial charge in [0.15, 0.2) is 0 Å². The summed E-state index contributed by atoms with van der Waals surface area (Å²) in [5, 5.41) is 4.16. The standard InChI is InChI=1S/C12H19NO2S/c1-4-11(12(14)15-5-2)13(3)8-10-6-7-16-9-10/h6-7,9,11H,4-5,8H2,1-3H3. The highest BCUT2D eigenvalue weighted by Gasteiger charge is 2.22. The lowest BCUT2D eigenvalue weighted by molar-refractivity contribution is -0.149. The normalized spacial score (nSPS) is 12.8. The van der Waals surface area contributed by atoms with Crippen LogP contribution in [0.5, 0.6) is 0 Å². The van der Waals surface area contributed by atoms with E-state index in [1.165, 1.54) is 5.56 Å². The molecule has 0 spiro atoms. The highest BCUT2D eigenvalue weighted by molar-refractivity contribution is 7.07. The monoisotopic (exact) mass is 241 g/mol. The lowest BCUT2D eigenvalue weighted by Crippen LogP contribution is -2.38. The molecule has 90 valence electrons. The van der Waals surface area contributed by atoms with E-state index in [1.54, 1.807) is 11.3 Å². The summed E-state index contributed by atoms with van der Waals surface area (Å²) in [6, 6.07) is 1.94. The van der Waals surface area contributed by atoms with Crippen LogP contribution in [-0.4, -0.2) is 30.6 Å². The molecule has 1 atom stereocenters. The number of hydrogen-bond acceptors (Lipinski definition) is 4. The molecule has 0 amide bonds. The molecular weight excluding hydrogens is 222 g/mol. The number of thiophene rings is 1. The van der Waals surface area contributed by atoms with Crippen molar-refractivity contribution < 1.29 is 9.53 Å². The van der Waals surface area contributed by atoms with Crippen molar-refractivity contribution in [2.75, 3.05) is 13.7 Å². The summed E-state index contributed by atoms with van der Waals surface area (Å²) in [5.41, 5.74) is 1.25. The largest absolute Gasteiger partial charge is 0.465 e. The molecule has 0 bridgehead atoms. The van der Waals surface area contributed by atoms with Crippen LogP contribution in [0.4, 0.5) is 0 Å². The Morgan fingerprint density at radius 1 is 1.56 bits per heavy atom. The molecule has 16 heavy (non-hydrogen) atoms. The van der Waals surface area contributed by atoms with Gasteiger partial charge in [-0.1, -0.05) is 6.92 Å². The van der Waals surface area contributed by atoms with E-state index < -0.39 is 0 Å². The predicted octanol–water partition coefficient (Wildman–Crippen LogP) is 2.52. The van der Waals surface area contributed by atoms with Gasteiger partial charge in [-0.3, -0.25) is 9.69 Å². The zero-order chi connectivity index (χ0) is 12.0. The van der Waals surface area contributed by atoms with Crippen LogP contribution in [0.3, 0.4) is 0 Å². The first-order chi connectivity index (χ1) is 7.69. The molecule has 0 aliphatic carbocycles. The number of carbonyl (C=O) groups excluding carboxylic acids is 1. The van der Waals surface area contributed by atoms with E-state index in [9.17, 15) is 4.79 Å². The molecule has 1 rings (SSSR count). The number of hydrogen-bond donors (Lipinski definition) is 0. The molecule has 1 aromatic rings. The molecule has 3 nitrogen and oxygen atoms in total. The van der Waals surface area contributed by atoms with Crippen molar-refractivity contribution in [2.24, 2.45) is 0 Å². The predicted molar refractivity (Wildman–Crippen MR) is 66.5 cm³/mol. The molecular formula is C12H19NO2S. The molecule has 0 N–H and O–H groups in total. The number of ether oxygens (including phenoxy) is 1. The molecule has 1 unspecified atom stereocenters. The van der Waals surface area contributed by atoms with Crippen LogP contribution in [0.25, 0.3) is 0 Å². The third-order valence-electron chi connectivity index (χ3n) is 2.49. The average Bonchev–Trinajstić information content (AvgIpc) is 2.71. The fourth-order valence-electron chi connectivity index (χ4n) is 1.68. The van der Waals surface area contributed by atoms with Crippen molar-refractivity contribution in [3.05, 3.63) is 22.4 Å². The van der Waals surface area contributed by atoms with E-state index in [1.807, 2.05) is 25.8 Å². The molecule has 4 heteroatoms. The minimum absolute atomic E-state index is 0.122. The van der Waals surface area contributed by atoms with Crippen molar-refractivity contribution in [3.8, 4) is 0 Å². The number of esters is 1. The Hall–Kier alpha value is -0.870. The summed E-state index contributed by atoms with van der Waals surface area (Å²) < 4.78 is 5.06. The zero-order valence-corrected chi connectivity index (χ0v) is 10.9. The van der Waals surface area contributed by atoms with Crippen LogP contribution in [0.1, 0.15) is 25.8 Å². The lowest BCUT2D eigenvalue weighted by Gasteiger charge is -2.24. The Morgan fingerprint density at radius 3 is 2.81 bits per heavy atom. The first-order valence-corrected chi connectivity index (χ1v) is 6.51. The fraction of sp³-hybridized carbons (Fsp3) is 0.583. The van der Waals surface area contributed by atoms with E-state index in [0.29, 0.717) is 6.61 Å². The summed E-state index contributed by atoms with van der Waals surface area (Å²) in [4.78, 5) is 13.7. The van der Waals surface area contributed by atoms with Gasteiger partial charge >= 0.3 is 5.97 Å². The van der Waals surface area contributed by atoms with E-state index in [4.69, 9.17) is 4.74 Å². The van der Waals surface area contributed by atoms with E-state index >= 15 is 0 Å². The molecule has 1 heterocycles. The number of nitrogens with zero attached hydrogens (tertiary/aromatic N) is 1. The van der Waals surface area contributed by atoms with Crippen molar-refractivity contribution in [1.29, 1.82) is 0 Å². The Morgan fingerprint density at radius 2 is 2.31 bits per heavy atom. The Bertz CT molecular complexity index is 311. The van der Waals surface area contributed by atoms with Crippen molar-refractivity contribution >= 4 is 17.3 Å². The molecule has 0 saturated heterocycles. The van der Waals surface area contributed by atoms with Crippen LogP contribution in [-0.2, 0) is 16.1 Å². The topological polar surface area (TPSA) is 29.5 Å². The molecule has 0 radical (unpaired) electrons. The molecule has 0 aliphatic heterocycles. The summed E-state index contributed by atoms with van der Waals surface area (Å²) >= 11 is 1.68. The average molecular weight is 241 g/mol. The number of likely N-dealkylation sites (N-methyl/N-ethyl adjacent to an activating group) is 1. The minimum atomic E-state index is -0.139. The highest BCUT2D eigenvalue weighted by atomic mass is 32.1. The van der Waals surface area contributed by atoms with Crippen molar-refractivity contribution in [1.82, 2.24) is 4.90 Å². The van der Waals surface area contributed by atoms with Crippen molar-refractivity contribution in [2.45, 2.75) is 32.9 Å². The maximum Gasteiger partial charge on any atom is 0.323 e. The molecule has 0 aromatic carbocycles. The maximum absolute atomic E-state index is 11.7. The molecule has 0 aliphatic rings.